The largest absolute Gasteiger partial charge is 0.376 e. The molecular formula is C19H27N3O4S3. The Morgan fingerprint density at radius 2 is 2.14 bits per heavy atom. The molecule has 0 amide bonds. The molecule has 0 saturated carbocycles. The molecule has 1 N–H and O–H groups in total. The Bertz CT molecular complexity index is 1040. The van der Waals surface area contributed by atoms with Crippen molar-refractivity contribution in [3.05, 3.63) is 20.8 Å². The average molecular weight is 458 g/mol. The summed E-state index contributed by atoms with van der Waals surface area (Å²) in [6.07, 6.45) is 8.22. The van der Waals surface area contributed by atoms with E-state index in [1.807, 2.05) is 0 Å². The number of hydrogen-bond acceptors (Lipinski definition) is 7. The summed E-state index contributed by atoms with van der Waals surface area (Å²) in [5.74, 6) is 0.692. The number of aryl methyl sites for hydroxylation is 2. The first-order chi connectivity index (χ1) is 13.9. The van der Waals surface area contributed by atoms with Crippen LogP contribution in [0.2, 0.25) is 0 Å². The summed E-state index contributed by atoms with van der Waals surface area (Å²) in [5, 5.41) is 1.53. The Morgan fingerprint density at radius 1 is 1.31 bits per heavy atom. The topological polar surface area (TPSA) is 90.3 Å². The molecule has 0 radical (unpaired) electrons. The summed E-state index contributed by atoms with van der Waals surface area (Å²) in [4.78, 5) is 20.5. The second kappa shape index (κ2) is 9.05. The number of ether oxygens (including phenoxy) is 1. The number of nitrogens with zero attached hydrogens (tertiary/aromatic N) is 2. The number of fused-ring (bicyclic) bond motifs is 3. The minimum absolute atomic E-state index is 0.0571. The van der Waals surface area contributed by atoms with E-state index in [0.29, 0.717) is 25.3 Å². The van der Waals surface area contributed by atoms with Gasteiger partial charge in [0.25, 0.3) is 5.56 Å². The first-order valence-corrected chi connectivity index (χ1v) is 13.9. The summed E-state index contributed by atoms with van der Waals surface area (Å²) in [5.41, 5.74) is 1.27. The van der Waals surface area contributed by atoms with E-state index >= 15 is 0 Å². The Labute approximate surface area is 179 Å². The van der Waals surface area contributed by atoms with E-state index in [-0.39, 0.29) is 11.7 Å². The van der Waals surface area contributed by atoms with Gasteiger partial charge in [-0.25, -0.2) is 18.1 Å². The van der Waals surface area contributed by atoms with Crippen LogP contribution in [0.4, 0.5) is 0 Å². The number of nitrogens with one attached hydrogen (secondary N) is 1. The van der Waals surface area contributed by atoms with Crippen molar-refractivity contribution in [2.24, 2.45) is 0 Å². The lowest BCUT2D eigenvalue weighted by atomic mass is 9.97. The van der Waals surface area contributed by atoms with Crippen LogP contribution in [0.5, 0.6) is 0 Å². The highest BCUT2D eigenvalue weighted by atomic mass is 32.2. The monoisotopic (exact) mass is 457 g/mol. The first kappa shape index (κ1) is 21.3. The van der Waals surface area contributed by atoms with Gasteiger partial charge in [0.05, 0.1) is 24.3 Å². The van der Waals surface area contributed by atoms with Gasteiger partial charge in [-0.15, -0.1) is 11.3 Å². The summed E-state index contributed by atoms with van der Waals surface area (Å²) in [6, 6.07) is 0. The third kappa shape index (κ3) is 5.04. The van der Waals surface area contributed by atoms with Crippen LogP contribution >= 0.6 is 23.1 Å². The fraction of sp³-hybridized carbons (Fsp3) is 0.684. The third-order valence-electron chi connectivity index (χ3n) is 5.37. The van der Waals surface area contributed by atoms with Crippen molar-refractivity contribution in [1.82, 2.24) is 14.3 Å². The van der Waals surface area contributed by atoms with E-state index in [0.717, 1.165) is 60.3 Å². The van der Waals surface area contributed by atoms with Crippen molar-refractivity contribution >= 4 is 43.3 Å². The van der Waals surface area contributed by atoms with E-state index in [4.69, 9.17) is 9.72 Å². The highest BCUT2D eigenvalue weighted by Gasteiger charge is 2.24. The normalized spacial score (nSPS) is 19.7. The second-order valence-corrected chi connectivity index (χ2v) is 11.7. The lowest BCUT2D eigenvalue weighted by Gasteiger charge is -2.16. The maximum Gasteiger partial charge on any atom is 0.263 e. The summed E-state index contributed by atoms with van der Waals surface area (Å²) >= 11 is 3.19. The minimum Gasteiger partial charge on any atom is -0.376 e. The molecule has 2 aromatic heterocycles. The summed E-state index contributed by atoms with van der Waals surface area (Å²) < 4.78 is 32.5. The zero-order valence-electron chi connectivity index (χ0n) is 16.6. The quantitative estimate of drug-likeness (QED) is 0.372. The molecule has 7 nitrogen and oxygen atoms in total. The van der Waals surface area contributed by atoms with Crippen LogP contribution in [0, 0.1) is 0 Å². The second-order valence-electron chi connectivity index (χ2n) is 7.70. The molecule has 1 aliphatic carbocycles. The lowest BCUT2D eigenvalue weighted by molar-refractivity contribution is 0.0937. The van der Waals surface area contributed by atoms with Gasteiger partial charge in [-0.3, -0.25) is 9.36 Å². The smallest absolute Gasteiger partial charge is 0.263 e. The Balaban J connectivity index is 1.61. The van der Waals surface area contributed by atoms with Gasteiger partial charge in [-0.2, -0.15) is 0 Å². The van der Waals surface area contributed by atoms with Crippen molar-refractivity contribution in [3.63, 3.8) is 0 Å². The van der Waals surface area contributed by atoms with Crippen LogP contribution in [0.1, 0.15) is 42.5 Å². The van der Waals surface area contributed by atoms with Gasteiger partial charge in [0.1, 0.15) is 4.83 Å². The fourth-order valence-electron chi connectivity index (χ4n) is 3.98. The van der Waals surface area contributed by atoms with Crippen LogP contribution in [-0.2, 0) is 34.1 Å². The standard InChI is InChI=1S/C19H27N3O4S3/c1-29(24,25)20-9-5-11-27-19-21-17-16(14-7-2-3-8-15(14)28-17)18(23)22(19)12-13-6-4-10-26-13/h13,20H,2-12H2,1H3. The van der Waals surface area contributed by atoms with E-state index < -0.39 is 10.0 Å². The minimum atomic E-state index is -3.18. The van der Waals surface area contributed by atoms with Crippen molar-refractivity contribution in [2.75, 3.05) is 25.2 Å². The van der Waals surface area contributed by atoms with Gasteiger partial charge in [0.15, 0.2) is 5.16 Å². The van der Waals surface area contributed by atoms with E-state index in [9.17, 15) is 13.2 Å². The van der Waals surface area contributed by atoms with Crippen molar-refractivity contribution in [3.8, 4) is 0 Å². The van der Waals surface area contributed by atoms with Gasteiger partial charge in [-0.1, -0.05) is 11.8 Å². The molecule has 4 rings (SSSR count). The van der Waals surface area contributed by atoms with E-state index in [1.165, 1.54) is 28.6 Å². The molecule has 1 aliphatic heterocycles. The maximum atomic E-state index is 13.5. The van der Waals surface area contributed by atoms with Gasteiger partial charge < -0.3 is 4.74 Å². The molecule has 29 heavy (non-hydrogen) atoms. The zero-order chi connectivity index (χ0) is 20.4. The predicted octanol–water partition coefficient (Wildman–Crippen LogP) is 2.55. The number of hydrogen-bond donors (Lipinski definition) is 1. The third-order valence-corrected chi connectivity index (χ3v) is 8.34. The Kier molecular flexibility index (Phi) is 6.65. The molecule has 0 bridgehead atoms. The lowest BCUT2D eigenvalue weighted by Crippen LogP contribution is -2.29. The molecule has 1 atom stereocenters. The Hall–Kier alpha value is -0.940. The van der Waals surface area contributed by atoms with Crippen LogP contribution in [-0.4, -0.2) is 49.2 Å². The number of aromatic nitrogens is 2. The van der Waals surface area contributed by atoms with Crippen molar-refractivity contribution < 1.29 is 13.2 Å². The Morgan fingerprint density at radius 3 is 2.90 bits per heavy atom. The SMILES string of the molecule is CS(=O)(=O)NCCCSc1nc2sc3c(c2c(=O)n1CC1CCCO1)CCCC3. The van der Waals surface area contributed by atoms with Gasteiger partial charge in [-0.05, 0) is 50.5 Å². The molecular weight excluding hydrogens is 430 g/mol. The molecule has 1 saturated heterocycles. The number of rotatable bonds is 8. The summed E-state index contributed by atoms with van der Waals surface area (Å²) in [7, 11) is -3.18. The van der Waals surface area contributed by atoms with Crippen LogP contribution in [0.25, 0.3) is 10.2 Å². The molecule has 2 aromatic rings. The molecule has 160 valence electrons. The first-order valence-electron chi connectivity index (χ1n) is 10.2. The summed E-state index contributed by atoms with van der Waals surface area (Å²) in [6.45, 7) is 1.68. The molecule has 2 aliphatic rings. The van der Waals surface area contributed by atoms with Crippen LogP contribution in [0.3, 0.4) is 0 Å². The van der Waals surface area contributed by atoms with Crippen LogP contribution in [0.15, 0.2) is 9.95 Å². The van der Waals surface area contributed by atoms with Crippen molar-refractivity contribution in [2.45, 2.75) is 62.8 Å². The molecule has 1 fully saturated rings. The highest BCUT2D eigenvalue weighted by Crippen LogP contribution is 2.35. The molecule has 0 spiro atoms. The number of thiophene rings is 1. The van der Waals surface area contributed by atoms with Gasteiger partial charge in [0.2, 0.25) is 10.0 Å². The highest BCUT2D eigenvalue weighted by molar-refractivity contribution is 7.99. The number of sulfonamides is 1. The predicted molar refractivity (Wildman–Crippen MR) is 118 cm³/mol. The van der Waals surface area contributed by atoms with E-state index in [1.54, 1.807) is 15.9 Å². The van der Waals surface area contributed by atoms with Gasteiger partial charge in [0, 0.05) is 23.8 Å². The van der Waals surface area contributed by atoms with Gasteiger partial charge >= 0.3 is 0 Å². The maximum absolute atomic E-state index is 13.5. The zero-order valence-corrected chi connectivity index (χ0v) is 19.1. The molecule has 0 aromatic carbocycles. The molecule has 3 heterocycles. The number of thioether (sulfide) groups is 1. The molecule has 1 unspecified atom stereocenters. The van der Waals surface area contributed by atoms with Crippen LogP contribution < -0.4 is 10.3 Å². The fourth-order valence-corrected chi connectivity index (χ4v) is 6.74. The average Bonchev–Trinajstić information content (AvgIpc) is 3.30. The van der Waals surface area contributed by atoms with Crippen molar-refractivity contribution in [1.29, 1.82) is 0 Å². The van der Waals surface area contributed by atoms with E-state index in [2.05, 4.69) is 4.72 Å². The molecule has 10 heteroatoms.